The fourth-order valence-corrected chi connectivity index (χ4v) is 2.97. The number of aliphatic hydroxyl groups excluding tert-OH is 3. The van der Waals surface area contributed by atoms with Gasteiger partial charge in [0, 0.05) is 5.56 Å². The second-order valence-corrected chi connectivity index (χ2v) is 5.88. The molecule has 0 aromatic carbocycles. The van der Waals surface area contributed by atoms with Crippen LogP contribution in [-0.2, 0) is 4.74 Å². The Hall–Kier alpha value is -2.00. The van der Waals surface area contributed by atoms with E-state index in [9.17, 15) is 15.3 Å². The molecule has 0 bridgehead atoms. The molecule has 3 heterocycles. The Morgan fingerprint density at radius 3 is 2.83 bits per heavy atom. The Labute approximate surface area is 139 Å². The molecule has 0 radical (unpaired) electrons. The summed E-state index contributed by atoms with van der Waals surface area (Å²) in [6.07, 6.45) is 3.26. The number of fused-ring (bicyclic) bond motifs is 1. The number of hydrogen-bond acceptors (Lipinski definition) is 7. The summed E-state index contributed by atoms with van der Waals surface area (Å²) in [5, 5.41) is 33.7. The first-order chi connectivity index (χ1) is 11.6. The minimum Gasteiger partial charge on any atom is -0.394 e. The first-order valence-corrected chi connectivity index (χ1v) is 7.99. The normalized spacial score (nSPS) is 27.5. The molecule has 130 valence electrons. The smallest absolute Gasteiger partial charge is 0.151 e. The molecule has 4 atom stereocenters. The average Bonchev–Trinajstić information content (AvgIpc) is 3.08. The van der Waals surface area contributed by atoms with Crippen LogP contribution in [0.5, 0.6) is 0 Å². The second-order valence-electron chi connectivity index (χ2n) is 5.88. The predicted octanol–water partition coefficient (Wildman–Crippen LogP) is 0.279. The number of unbranched alkanes of at least 4 members (excludes halogenated alkanes) is 1. The zero-order valence-electron chi connectivity index (χ0n) is 13.4. The van der Waals surface area contributed by atoms with E-state index >= 15 is 0 Å². The lowest BCUT2D eigenvalue weighted by molar-refractivity contribution is -0.0244. The number of allylic oxidation sites excluding steroid dienone is 1. The van der Waals surface area contributed by atoms with Crippen molar-refractivity contribution in [3.63, 3.8) is 0 Å². The number of anilines is 1. The van der Waals surface area contributed by atoms with Gasteiger partial charge in [0.1, 0.15) is 36.3 Å². The van der Waals surface area contributed by atoms with Crippen molar-refractivity contribution in [2.45, 2.75) is 44.2 Å². The highest BCUT2D eigenvalue weighted by atomic mass is 16.6. The summed E-state index contributed by atoms with van der Waals surface area (Å²) >= 11 is 0. The Morgan fingerprint density at radius 1 is 1.38 bits per heavy atom. The summed E-state index contributed by atoms with van der Waals surface area (Å²) in [5.74, 6) is 0.319. The maximum atomic E-state index is 10.3. The highest BCUT2D eigenvalue weighted by molar-refractivity contribution is 5.79. The first-order valence-electron chi connectivity index (χ1n) is 7.99. The molecule has 0 saturated carbocycles. The van der Waals surface area contributed by atoms with Gasteiger partial charge in [-0.2, -0.15) is 5.10 Å². The van der Waals surface area contributed by atoms with Crippen molar-refractivity contribution in [1.29, 1.82) is 0 Å². The summed E-state index contributed by atoms with van der Waals surface area (Å²) in [5.41, 5.74) is 7.98. The molecule has 1 fully saturated rings. The van der Waals surface area contributed by atoms with E-state index < -0.39 is 24.4 Å². The first kappa shape index (κ1) is 16.8. The van der Waals surface area contributed by atoms with E-state index in [0.717, 1.165) is 18.4 Å². The number of aliphatic hydroxyl groups is 3. The van der Waals surface area contributed by atoms with Gasteiger partial charge in [0.15, 0.2) is 5.82 Å². The van der Waals surface area contributed by atoms with Crippen molar-refractivity contribution < 1.29 is 20.1 Å². The van der Waals surface area contributed by atoms with Gasteiger partial charge in [-0.05, 0) is 12.5 Å². The largest absolute Gasteiger partial charge is 0.394 e. The number of hydrogen-bond donors (Lipinski definition) is 4. The highest BCUT2D eigenvalue weighted by Gasteiger charge is 2.44. The molecule has 8 heteroatoms. The van der Waals surface area contributed by atoms with Crippen LogP contribution in [0.3, 0.4) is 0 Å². The molecule has 24 heavy (non-hydrogen) atoms. The maximum Gasteiger partial charge on any atom is 0.151 e. The number of ether oxygens (including phenoxy) is 1. The van der Waals surface area contributed by atoms with Gasteiger partial charge >= 0.3 is 0 Å². The number of nitrogens with zero attached hydrogens (tertiary/aromatic N) is 3. The molecule has 0 aliphatic carbocycles. The lowest BCUT2D eigenvalue weighted by Gasteiger charge is -2.14. The monoisotopic (exact) mass is 334 g/mol. The standard InChI is InChI=1S/C16H22N4O4/c1-2-3-4-5-9-6-10(20-12(9)16(17)18-8-19-20)15-14(23)13(22)11(7-21)24-15/h4-6,8,11,13-15,21-23H,2-3,7H2,1H3,(H2,17,18,19)/b5-4+/t11-,13-,14-,15+/m1/s1. The second kappa shape index (κ2) is 6.86. The summed E-state index contributed by atoms with van der Waals surface area (Å²) in [4.78, 5) is 4.02. The molecule has 3 rings (SSSR count). The quantitative estimate of drug-likeness (QED) is 0.618. The predicted molar refractivity (Wildman–Crippen MR) is 88.1 cm³/mol. The number of rotatable bonds is 5. The van der Waals surface area contributed by atoms with E-state index in [4.69, 9.17) is 10.5 Å². The van der Waals surface area contributed by atoms with Crippen LogP contribution in [0, 0.1) is 0 Å². The van der Waals surface area contributed by atoms with E-state index in [0.29, 0.717) is 17.0 Å². The van der Waals surface area contributed by atoms with Gasteiger partial charge in [0.25, 0.3) is 0 Å². The van der Waals surface area contributed by atoms with Gasteiger partial charge in [0.2, 0.25) is 0 Å². The third-order valence-corrected chi connectivity index (χ3v) is 4.23. The molecule has 1 aliphatic rings. The highest BCUT2D eigenvalue weighted by Crippen LogP contribution is 2.36. The van der Waals surface area contributed by atoms with Crippen molar-refractivity contribution in [3.8, 4) is 0 Å². The molecule has 0 amide bonds. The molecule has 2 aromatic heterocycles. The van der Waals surface area contributed by atoms with Gasteiger partial charge in [-0.15, -0.1) is 0 Å². The van der Waals surface area contributed by atoms with Crippen LogP contribution in [-0.4, -0.2) is 54.8 Å². The molecule has 1 saturated heterocycles. The third kappa shape index (κ3) is 2.78. The van der Waals surface area contributed by atoms with E-state index in [1.165, 1.54) is 6.33 Å². The molecule has 0 spiro atoms. The van der Waals surface area contributed by atoms with Crippen LogP contribution >= 0.6 is 0 Å². The van der Waals surface area contributed by atoms with Crippen molar-refractivity contribution in [2.75, 3.05) is 12.3 Å². The minimum absolute atomic E-state index is 0.319. The minimum atomic E-state index is -1.16. The van der Waals surface area contributed by atoms with Crippen molar-refractivity contribution in [2.24, 2.45) is 0 Å². The van der Waals surface area contributed by atoms with Gasteiger partial charge in [-0.1, -0.05) is 25.5 Å². The Bertz CT molecular complexity index is 745. The summed E-state index contributed by atoms with van der Waals surface area (Å²) < 4.78 is 7.18. The van der Waals surface area contributed by atoms with E-state index in [-0.39, 0.29) is 6.61 Å². The van der Waals surface area contributed by atoms with Crippen LogP contribution < -0.4 is 5.73 Å². The van der Waals surface area contributed by atoms with Crippen LogP contribution in [0.4, 0.5) is 5.82 Å². The van der Waals surface area contributed by atoms with Gasteiger partial charge in [-0.25, -0.2) is 9.50 Å². The molecule has 5 N–H and O–H groups in total. The number of nitrogens with two attached hydrogens (primary N) is 1. The fraction of sp³-hybridized carbons (Fsp3) is 0.500. The van der Waals surface area contributed by atoms with Crippen molar-refractivity contribution in [1.82, 2.24) is 14.6 Å². The molecule has 0 unspecified atom stereocenters. The van der Waals surface area contributed by atoms with Crippen LogP contribution in [0.2, 0.25) is 0 Å². The van der Waals surface area contributed by atoms with E-state index in [1.54, 1.807) is 4.52 Å². The van der Waals surface area contributed by atoms with Gasteiger partial charge < -0.3 is 25.8 Å². The van der Waals surface area contributed by atoms with Crippen LogP contribution in [0.25, 0.3) is 11.6 Å². The number of aromatic nitrogens is 3. The summed E-state index contributed by atoms with van der Waals surface area (Å²) in [7, 11) is 0. The Morgan fingerprint density at radius 2 is 2.17 bits per heavy atom. The zero-order chi connectivity index (χ0) is 17.3. The van der Waals surface area contributed by atoms with Crippen LogP contribution in [0.15, 0.2) is 18.5 Å². The maximum absolute atomic E-state index is 10.3. The topological polar surface area (TPSA) is 126 Å². The van der Waals surface area contributed by atoms with Crippen molar-refractivity contribution >= 4 is 17.4 Å². The molecule has 1 aliphatic heterocycles. The molecular weight excluding hydrogens is 312 g/mol. The molecule has 2 aromatic rings. The van der Waals surface area contributed by atoms with Gasteiger partial charge in [-0.3, -0.25) is 0 Å². The summed E-state index contributed by atoms with van der Waals surface area (Å²) in [6, 6.07) is 1.81. The molecular formula is C16H22N4O4. The fourth-order valence-electron chi connectivity index (χ4n) is 2.97. The van der Waals surface area contributed by atoms with Crippen molar-refractivity contribution in [3.05, 3.63) is 29.7 Å². The SMILES string of the molecule is CCC/C=C/c1cc([C@@H]2O[C@H](CO)[C@@H](O)[C@H]2O)n2ncnc(N)c12. The van der Waals surface area contributed by atoms with E-state index in [1.807, 2.05) is 18.2 Å². The average molecular weight is 334 g/mol. The summed E-state index contributed by atoms with van der Waals surface area (Å²) in [6.45, 7) is 1.71. The Balaban J connectivity index is 2.07. The molecule has 8 nitrogen and oxygen atoms in total. The zero-order valence-corrected chi connectivity index (χ0v) is 13.4. The van der Waals surface area contributed by atoms with Gasteiger partial charge in [0.05, 0.1) is 12.3 Å². The lowest BCUT2D eigenvalue weighted by atomic mass is 10.1. The van der Waals surface area contributed by atoms with E-state index in [2.05, 4.69) is 17.0 Å². The Kier molecular flexibility index (Phi) is 4.81. The number of nitrogen functional groups attached to an aromatic ring is 1. The van der Waals surface area contributed by atoms with Crippen LogP contribution in [0.1, 0.15) is 37.1 Å². The third-order valence-electron chi connectivity index (χ3n) is 4.23. The lowest BCUT2D eigenvalue weighted by Crippen LogP contribution is -2.32.